The maximum atomic E-state index is 13.8. The van der Waals surface area contributed by atoms with E-state index in [4.69, 9.17) is 5.73 Å². The van der Waals surface area contributed by atoms with Crippen LogP contribution < -0.4 is 5.73 Å². The lowest BCUT2D eigenvalue weighted by atomic mass is 10.1. The van der Waals surface area contributed by atoms with Crippen LogP contribution in [0.3, 0.4) is 0 Å². The summed E-state index contributed by atoms with van der Waals surface area (Å²) in [5, 5.41) is 9.43. The molecule has 2 heterocycles. The van der Waals surface area contributed by atoms with Crippen molar-refractivity contribution in [2.24, 2.45) is 12.8 Å². The second-order valence-electron chi connectivity index (χ2n) is 4.56. The summed E-state index contributed by atoms with van der Waals surface area (Å²) in [6, 6.07) is 6.71. The maximum absolute atomic E-state index is 13.8. The number of nitrogens with zero attached hydrogens (tertiary/aromatic N) is 4. The molecule has 0 atom stereocenters. The summed E-state index contributed by atoms with van der Waals surface area (Å²) in [6.45, 7) is 0.352. The second kappa shape index (κ2) is 5.79. The van der Waals surface area contributed by atoms with Crippen LogP contribution in [0.5, 0.6) is 0 Å². The molecule has 0 radical (unpaired) electrons. The molecule has 0 fully saturated rings. The zero-order valence-corrected chi connectivity index (χ0v) is 12.3. The highest BCUT2D eigenvalue weighted by Gasteiger charge is 2.11. The first-order chi connectivity index (χ1) is 10.2. The lowest BCUT2D eigenvalue weighted by molar-refractivity contribution is 0.639. The van der Waals surface area contributed by atoms with E-state index in [0.717, 1.165) is 16.5 Å². The number of nitrogens with two attached hydrogens (primary N) is 1. The van der Waals surface area contributed by atoms with Crippen molar-refractivity contribution in [2.75, 3.05) is 0 Å². The molecule has 0 aliphatic carbocycles. The van der Waals surface area contributed by atoms with Gasteiger partial charge in [0.15, 0.2) is 5.16 Å². The Bertz CT molecular complexity index is 786. The van der Waals surface area contributed by atoms with Gasteiger partial charge in [-0.15, -0.1) is 10.2 Å². The Morgan fingerprint density at radius 3 is 2.90 bits per heavy atom. The van der Waals surface area contributed by atoms with Crippen LogP contribution in [0.2, 0.25) is 0 Å². The van der Waals surface area contributed by atoms with Gasteiger partial charge in [0.2, 0.25) is 0 Å². The van der Waals surface area contributed by atoms with Crippen LogP contribution in [0.4, 0.5) is 4.39 Å². The largest absolute Gasteiger partial charge is 0.324 e. The monoisotopic (exact) mass is 303 g/mol. The number of hydrogen-bond donors (Lipinski definition) is 1. The highest BCUT2D eigenvalue weighted by atomic mass is 32.2. The van der Waals surface area contributed by atoms with Gasteiger partial charge >= 0.3 is 0 Å². The number of fused-ring (bicyclic) bond motifs is 1. The zero-order chi connectivity index (χ0) is 14.8. The van der Waals surface area contributed by atoms with E-state index in [1.165, 1.54) is 17.8 Å². The normalized spacial score (nSPS) is 11.2. The lowest BCUT2D eigenvalue weighted by Crippen LogP contribution is -2.05. The fraction of sp³-hybridized carbons (Fsp3) is 0.214. The predicted octanol–water partition coefficient (Wildman–Crippen LogP) is 2.25. The van der Waals surface area contributed by atoms with Gasteiger partial charge in [0, 0.05) is 24.4 Å². The summed E-state index contributed by atoms with van der Waals surface area (Å²) in [5.41, 5.74) is 7.23. The summed E-state index contributed by atoms with van der Waals surface area (Å²) < 4.78 is 15.6. The first-order valence-electron chi connectivity index (χ1n) is 6.44. The summed E-state index contributed by atoms with van der Waals surface area (Å²) in [4.78, 5) is 4.28. The Hall–Kier alpha value is -1.99. The van der Waals surface area contributed by atoms with Crippen molar-refractivity contribution in [2.45, 2.75) is 17.5 Å². The number of rotatable bonds is 4. The van der Waals surface area contributed by atoms with Crippen molar-refractivity contribution in [3.63, 3.8) is 0 Å². The van der Waals surface area contributed by atoms with Crippen molar-refractivity contribution < 1.29 is 4.39 Å². The molecule has 0 saturated heterocycles. The van der Waals surface area contributed by atoms with E-state index < -0.39 is 0 Å². The van der Waals surface area contributed by atoms with Crippen LogP contribution in [-0.2, 0) is 19.3 Å². The number of halogens is 1. The number of aromatic nitrogens is 4. The van der Waals surface area contributed by atoms with E-state index in [1.54, 1.807) is 24.4 Å². The summed E-state index contributed by atoms with van der Waals surface area (Å²) in [5.74, 6) is 1.13. The fourth-order valence-corrected chi connectivity index (χ4v) is 3.02. The highest BCUT2D eigenvalue weighted by Crippen LogP contribution is 2.26. The van der Waals surface area contributed by atoms with Gasteiger partial charge < -0.3 is 10.3 Å². The molecule has 2 N–H and O–H groups in total. The van der Waals surface area contributed by atoms with Crippen LogP contribution in [0, 0.1) is 5.82 Å². The molecule has 108 valence electrons. The van der Waals surface area contributed by atoms with E-state index in [0.29, 0.717) is 23.2 Å². The third-order valence-electron chi connectivity index (χ3n) is 3.26. The number of thioether (sulfide) groups is 1. The van der Waals surface area contributed by atoms with Crippen LogP contribution in [-0.4, -0.2) is 19.7 Å². The van der Waals surface area contributed by atoms with E-state index in [9.17, 15) is 4.39 Å². The minimum atomic E-state index is -0.254. The van der Waals surface area contributed by atoms with Crippen molar-refractivity contribution in [3.05, 3.63) is 47.7 Å². The SMILES string of the molecule is Cn1c(CN)nnc1SCc1ccc(F)c2cccnc12. The Morgan fingerprint density at radius 2 is 2.14 bits per heavy atom. The molecule has 0 aliphatic heterocycles. The van der Waals surface area contributed by atoms with Crippen LogP contribution >= 0.6 is 11.8 Å². The first kappa shape index (κ1) is 14.0. The van der Waals surface area contributed by atoms with Crippen LogP contribution in [0.25, 0.3) is 10.9 Å². The quantitative estimate of drug-likeness (QED) is 0.749. The minimum Gasteiger partial charge on any atom is -0.324 e. The summed E-state index contributed by atoms with van der Waals surface area (Å²) in [6.07, 6.45) is 1.67. The molecule has 1 aromatic carbocycles. The molecular formula is C14H14FN5S. The molecule has 3 aromatic rings. The molecule has 0 amide bonds. The highest BCUT2D eigenvalue weighted by molar-refractivity contribution is 7.98. The number of hydrogen-bond acceptors (Lipinski definition) is 5. The second-order valence-corrected chi connectivity index (χ2v) is 5.50. The third kappa shape index (κ3) is 2.62. The Morgan fingerprint density at radius 1 is 1.29 bits per heavy atom. The molecule has 5 nitrogen and oxygen atoms in total. The number of benzene rings is 1. The molecule has 0 spiro atoms. The van der Waals surface area contributed by atoms with Gasteiger partial charge in [0.25, 0.3) is 0 Å². The molecule has 0 bridgehead atoms. The minimum absolute atomic E-state index is 0.254. The van der Waals surface area contributed by atoms with Crippen molar-refractivity contribution >= 4 is 22.7 Å². The van der Waals surface area contributed by atoms with Crippen LogP contribution in [0.1, 0.15) is 11.4 Å². The molecule has 7 heteroatoms. The van der Waals surface area contributed by atoms with E-state index in [1.807, 2.05) is 11.6 Å². The lowest BCUT2D eigenvalue weighted by Gasteiger charge is -2.06. The molecule has 2 aromatic heterocycles. The summed E-state index contributed by atoms with van der Waals surface area (Å²) in [7, 11) is 1.88. The van der Waals surface area contributed by atoms with Gasteiger partial charge in [0.05, 0.1) is 12.1 Å². The summed E-state index contributed by atoms with van der Waals surface area (Å²) >= 11 is 1.53. The van der Waals surface area contributed by atoms with Gasteiger partial charge in [-0.2, -0.15) is 0 Å². The van der Waals surface area contributed by atoms with Gasteiger partial charge in [0.1, 0.15) is 11.6 Å². The van der Waals surface area contributed by atoms with Crippen LogP contribution in [0.15, 0.2) is 35.6 Å². The Labute approximate surface area is 125 Å². The standard InChI is InChI=1S/C14H14FN5S/c1-20-12(7-16)18-19-14(20)21-8-9-4-5-11(15)10-3-2-6-17-13(9)10/h2-6H,7-8,16H2,1H3. The van der Waals surface area contributed by atoms with E-state index in [2.05, 4.69) is 15.2 Å². The average Bonchev–Trinajstić information content (AvgIpc) is 2.87. The van der Waals surface area contributed by atoms with Crippen molar-refractivity contribution in [1.82, 2.24) is 19.7 Å². The predicted molar refractivity (Wildman–Crippen MR) is 80.2 cm³/mol. The molecule has 0 saturated carbocycles. The topological polar surface area (TPSA) is 69.6 Å². The van der Waals surface area contributed by atoms with Crippen molar-refractivity contribution in [3.8, 4) is 0 Å². The molecular weight excluding hydrogens is 289 g/mol. The molecule has 0 aliphatic rings. The van der Waals surface area contributed by atoms with Gasteiger partial charge in [-0.1, -0.05) is 17.8 Å². The van der Waals surface area contributed by atoms with Gasteiger partial charge in [-0.25, -0.2) is 4.39 Å². The molecule has 3 rings (SSSR count). The van der Waals surface area contributed by atoms with Gasteiger partial charge in [-0.3, -0.25) is 4.98 Å². The van der Waals surface area contributed by atoms with E-state index >= 15 is 0 Å². The van der Waals surface area contributed by atoms with Crippen molar-refractivity contribution in [1.29, 1.82) is 0 Å². The average molecular weight is 303 g/mol. The zero-order valence-electron chi connectivity index (χ0n) is 11.5. The Kier molecular flexibility index (Phi) is 3.85. The smallest absolute Gasteiger partial charge is 0.191 e. The number of pyridine rings is 1. The first-order valence-corrected chi connectivity index (χ1v) is 7.42. The third-order valence-corrected chi connectivity index (χ3v) is 4.33. The Balaban J connectivity index is 1.88. The fourth-order valence-electron chi connectivity index (χ4n) is 2.10. The van der Waals surface area contributed by atoms with Gasteiger partial charge in [-0.05, 0) is 23.8 Å². The van der Waals surface area contributed by atoms with E-state index in [-0.39, 0.29) is 5.82 Å². The maximum Gasteiger partial charge on any atom is 0.191 e. The molecule has 21 heavy (non-hydrogen) atoms. The molecule has 0 unspecified atom stereocenters.